The van der Waals surface area contributed by atoms with Gasteiger partial charge in [-0.05, 0) is 48.2 Å². The zero-order valence-electron chi connectivity index (χ0n) is 17.0. The highest BCUT2D eigenvalue weighted by Crippen LogP contribution is 2.32. The minimum atomic E-state index is -3.66. The molecular formula is C24H26N2O3S. The summed E-state index contributed by atoms with van der Waals surface area (Å²) < 4.78 is 27.9. The molecule has 1 saturated heterocycles. The Morgan fingerprint density at radius 3 is 2.53 bits per heavy atom. The molecule has 6 heteroatoms. The van der Waals surface area contributed by atoms with E-state index in [-0.39, 0.29) is 29.8 Å². The number of hydrogen-bond donors (Lipinski definition) is 1. The van der Waals surface area contributed by atoms with Crippen LogP contribution in [-0.2, 0) is 14.8 Å². The van der Waals surface area contributed by atoms with Gasteiger partial charge in [0.05, 0.1) is 10.9 Å². The van der Waals surface area contributed by atoms with E-state index in [1.54, 1.807) is 18.2 Å². The number of fused-ring (bicyclic) bond motifs is 1. The zero-order chi connectivity index (χ0) is 21.1. The van der Waals surface area contributed by atoms with Crippen molar-refractivity contribution < 1.29 is 13.2 Å². The number of rotatable bonds is 6. The Morgan fingerprint density at radius 1 is 1.03 bits per heavy atom. The zero-order valence-corrected chi connectivity index (χ0v) is 17.9. The van der Waals surface area contributed by atoms with Crippen molar-refractivity contribution in [3.63, 3.8) is 0 Å². The molecule has 0 radical (unpaired) electrons. The van der Waals surface area contributed by atoms with Gasteiger partial charge in [0.2, 0.25) is 15.9 Å². The topological polar surface area (TPSA) is 66.5 Å². The Hall–Kier alpha value is -2.70. The number of carbonyl (C=O) groups is 1. The molecule has 0 saturated carbocycles. The fraction of sp³-hybridized carbons (Fsp3) is 0.292. The second-order valence-corrected chi connectivity index (χ2v) is 9.58. The number of sulfonamides is 1. The van der Waals surface area contributed by atoms with Gasteiger partial charge < -0.3 is 4.90 Å². The summed E-state index contributed by atoms with van der Waals surface area (Å²) in [5, 5.41) is 1.86. The standard InChI is InChI=1S/C24H26N2O3S/c1-18-8-10-20(11-9-18)23-7-4-16-26(23)24(27)14-15-25-30(28,29)22-13-12-19-5-2-3-6-21(19)17-22/h2-3,5-6,8-13,17,23,25H,4,7,14-16H2,1H3. The predicted molar refractivity (Wildman–Crippen MR) is 119 cm³/mol. The normalized spacial score (nSPS) is 16.8. The third-order valence-corrected chi connectivity index (χ3v) is 7.16. The first-order valence-corrected chi connectivity index (χ1v) is 11.8. The maximum absolute atomic E-state index is 12.8. The number of carbonyl (C=O) groups excluding carboxylic acids is 1. The molecule has 156 valence electrons. The lowest BCUT2D eigenvalue weighted by atomic mass is 10.0. The SMILES string of the molecule is Cc1ccc(C2CCCN2C(=O)CCNS(=O)(=O)c2ccc3ccccc3c2)cc1. The van der Waals surface area contributed by atoms with Gasteiger partial charge in [0.1, 0.15) is 0 Å². The van der Waals surface area contributed by atoms with E-state index in [9.17, 15) is 13.2 Å². The van der Waals surface area contributed by atoms with Gasteiger partial charge in [-0.2, -0.15) is 0 Å². The smallest absolute Gasteiger partial charge is 0.240 e. The molecule has 0 aromatic heterocycles. The van der Waals surface area contributed by atoms with Gasteiger partial charge in [0.25, 0.3) is 0 Å². The molecule has 30 heavy (non-hydrogen) atoms. The predicted octanol–water partition coefficient (Wildman–Crippen LogP) is 4.18. The van der Waals surface area contributed by atoms with Crippen LogP contribution in [-0.4, -0.2) is 32.3 Å². The van der Waals surface area contributed by atoms with Crippen LogP contribution in [0.3, 0.4) is 0 Å². The van der Waals surface area contributed by atoms with Crippen LogP contribution in [0.5, 0.6) is 0 Å². The van der Waals surface area contributed by atoms with Gasteiger partial charge >= 0.3 is 0 Å². The quantitative estimate of drug-likeness (QED) is 0.648. The number of benzene rings is 3. The highest BCUT2D eigenvalue weighted by Gasteiger charge is 2.29. The highest BCUT2D eigenvalue weighted by molar-refractivity contribution is 7.89. The molecule has 1 N–H and O–H groups in total. The van der Waals surface area contributed by atoms with E-state index in [0.29, 0.717) is 0 Å². The summed E-state index contributed by atoms with van der Waals surface area (Å²) >= 11 is 0. The second-order valence-electron chi connectivity index (χ2n) is 7.81. The Labute approximate surface area is 177 Å². The van der Waals surface area contributed by atoms with Crippen LogP contribution in [0.25, 0.3) is 10.8 Å². The van der Waals surface area contributed by atoms with Crippen LogP contribution < -0.4 is 4.72 Å². The molecule has 1 amide bonds. The Kier molecular flexibility index (Phi) is 5.88. The van der Waals surface area contributed by atoms with Gasteiger partial charge in [-0.1, -0.05) is 60.2 Å². The fourth-order valence-corrected chi connectivity index (χ4v) is 5.12. The summed E-state index contributed by atoms with van der Waals surface area (Å²) in [6.07, 6.45) is 2.06. The second kappa shape index (κ2) is 8.58. The molecule has 4 rings (SSSR count). The third-order valence-electron chi connectivity index (χ3n) is 5.70. The van der Waals surface area contributed by atoms with Gasteiger partial charge in [0.15, 0.2) is 0 Å². The van der Waals surface area contributed by atoms with Crippen molar-refractivity contribution in [1.82, 2.24) is 9.62 Å². The maximum Gasteiger partial charge on any atom is 0.240 e. The molecule has 1 aliphatic heterocycles. The number of nitrogens with zero attached hydrogens (tertiary/aromatic N) is 1. The molecule has 1 heterocycles. The van der Waals surface area contributed by atoms with E-state index in [1.807, 2.05) is 36.1 Å². The minimum Gasteiger partial charge on any atom is -0.336 e. The average molecular weight is 423 g/mol. The first kappa shape index (κ1) is 20.6. The lowest BCUT2D eigenvalue weighted by Crippen LogP contribution is -2.34. The number of hydrogen-bond acceptors (Lipinski definition) is 3. The molecule has 1 fully saturated rings. The Balaban J connectivity index is 1.38. The lowest BCUT2D eigenvalue weighted by Gasteiger charge is -2.25. The first-order chi connectivity index (χ1) is 14.4. The third kappa shape index (κ3) is 4.40. The fourth-order valence-electron chi connectivity index (χ4n) is 4.05. The van der Waals surface area contributed by atoms with Gasteiger partial charge in [-0.15, -0.1) is 0 Å². The molecule has 0 spiro atoms. The Bertz CT molecular complexity index is 1160. The minimum absolute atomic E-state index is 0.0145. The van der Waals surface area contributed by atoms with E-state index in [4.69, 9.17) is 0 Å². The summed E-state index contributed by atoms with van der Waals surface area (Å²) in [7, 11) is -3.66. The molecule has 3 aromatic rings. The van der Waals surface area contributed by atoms with Crippen LogP contribution in [0.4, 0.5) is 0 Å². The van der Waals surface area contributed by atoms with Crippen molar-refractivity contribution in [3.05, 3.63) is 77.9 Å². The molecule has 1 aliphatic rings. The van der Waals surface area contributed by atoms with Crippen LogP contribution in [0, 0.1) is 6.92 Å². The van der Waals surface area contributed by atoms with Crippen molar-refractivity contribution >= 4 is 26.7 Å². The van der Waals surface area contributed by atoms with E-state index in [2.05, 4.69) is 29.0 Å². The van der Waals surface area contributed by atoms with Gasteiger partial charge in [-0.3, -0.25) is 4.79 Å². The largest absolute Gasteiger partial charge is 0.336 e. The maximum atomic E-state index is 12.8. The van der Waals surface area contributed by atoms with Gasteiger partial charge in [0, 0.05) is 19.5 Å². The Morgan fingerprint density at radius 2 is 1.77 bits per heavy atom. The summed E-state index contributed by atoms with van der Waals surface area (Å²) in [5.41, 5.74) is 2.33. The molecule has 1 atom stereocenters. The number of aryl methyl sites for hydroxylation is 1. The monoisotopic (exact) mass is 422 g/mol. The van der Waals surface area contributed by atoms with Crippen molar-refractivity contribution in [2.75, 3.05) is 13.1 Å². The molecular weight excluding hydrogens is 396 g/mol. The van der Waals surface area contributed by atoms with Crippen LogP contribution in [0.2, 0.25) is 0 Å². The average Bonchev–Trinajstić information content (AvgIpc) is 3.24. The van der Waals surface area contributed by atoms with Crippen molar-refractivity contribution in [2.24, 2.45) is 0 Å². The van der Waals surface area contributed by atoms with Crippen molar-refractivity contribution in [2.45, 2.75) is 37.1 Å². The highest BCUT2D eigenvalue weighted by atomic mass is 32.2. The van der Waals surface area contributed by atoms with Crippen LogP contribution in [0.15, 0.2) is 71.6 Å². The van der Waals surface area contributed by atoms with E-state index < -0.39 is 10.0 Å². The first-order valence-electron chi connectivity index (χ1n) is 10.3. The number of likely N-dealkylation sites (tertiary alicyclic amines) is 1. The van der Waals surface area contributed by atoms with Crippen LogP contribution in [0.1, 0.15) is 36.4 Å². The number of amides is 1. The summed E-state index contributed by atoms with van der Waals surface area (Å²) in [4.78, 5) is 14.9. The van der Waals surface area contributed by atoms with E-state index in [1.165, 1.54) is 5.56 Å². The molecule has 0 aliphatic carbocycles. The lowest BCUT2D eigenvalue weighted by molar-refractivity contribution is -0.131. The molecule has 0 bridgehead atoms. The summed E-state index contributed by atoms with van der Waals surface area (Å²) in [6, 6.07) is 21.0. The van der Waals surface area contributed by atoms with Gasteiger partial charge in [-0.25, -0.2) is 13.1 Å². The van der Waals surface area contributed by atoms with Crippen molar-refractivity contribution in [3.8, 4) is 0 Å². The van der Waals surface area contributed by atoms with Crippen molar-refractivity contribution in [1.29, 1.82) is 0 Å². The van der Waals surface area contributed by atoms with E-state index in [0.717, 1.165) is 35.7 Å². The van der Waals surface area contributed by atoms with Crippen LogP contribution >= 0.6 is 0 Å². The molecule has 3 aromatic carbocycles. The van der Waals surface area contributed by atoms with E-state index >= 15 is 0 Å². The summed E-state index contributed by atoms with van der Waals surface area (Å²) in [6.45, 7) is 2.85. The summed E-state index contributed by atoms with van der Waals surface area (Å²) in [5.74, 6) is -0.0145. The molecule has 5 nitrogen and oxygen atoms in total. The number of nitrogens with one attached hydrogen (secondary N) is 1. The molecule has 1 unspecified atom stereocenters.